The van der Waals surface area contributed by atoms with Crippen LogP contribution in [0.5, 0.6) is 0 Å². The van der Waals surface area contributed by atoms with Crippen molar-refractivity contribution in [3.05, 3.63) is 35.9 Å². The van der Waals surface area contributed by atoms with Crippen molar-refractivity contribution in [3.63, 3.8) is 0 Å². The molecule has 1 rings (SSSR count). The summed E-state index contributed by atoms with van der Waals surface area (Å²) in [6.07, 6.45) is 1.10. The molecule has 0 aromatic heterocycles. The Hall–Kier alpha value is -1.59. The van der Waals surface area contributed by atoms with Crippen molar-refractivity contribution >= 4 is 6.29 Å². The molecule has 0 aliphatic heterocycles. The minimum absolute atomic E-state index is 0.281. The molecular weight excluding hydrogens is 188 g/mol. The molecule has 2 nitrogen and oxygen atoms in total. The van der Waals surface area contributed by atoms with Crippen molar-refractivity contribution in [1.82, 2.24) is 0 Å². The first-order valence-corrected chi connectivity index (χ1v) is 4.77. The van der Waals surface area contributed by atoms with E-state index in [1.807, 2.05) is 30.3 Å². The van der Waals surface area contributed by atoms with Crippen LogP contribution >= 0.6 is 0 Å². The molecule has 0 spiro atoms. The number of hydrogen-bond acceptors (Lipinski definition) is 2. The van der Waals surface area contributed by atoms with Crippen LogP contribution in [-0.4, -0.2) is 19.0 Å². The fourth-order valence-corrected chi connectivity index (χ4v) is 1.07. The third kappa shape index (κ3) is 3.57. The van der Waals surface area contributed by atoms with Gasteiger partial charge in [-0.3, -0.25) is 0 Å². The van der Waals surface area contributed by atoms with Crippen LogP contribution in [0.1, 0.15) is 18.9 Å². The van der Waals surface area contributed by atoms with E-state index < -0.39 is 5.60 Å². The average molecular weight is 202 g/mol. The normalized spacial score (nSPS) is 13.5. The number of carbonyl (C=O) groups excluding carboxylic acids is 1. The lowest BCUT2D eigenvalue weighted by Gasteiger charge is -2.18. The van der Waals surface area contributed by atoms with Gasteiger partial charge in [0.05, 0.1) is 0 Å². The van der Waals surface area contributed by atoms with E-state index in [4.69, 9.17) is 4.74 Å². The molecule has 0 saturated carbocycles. The van der Waals surface area contributed by atoms with Gasteiger partial charge >= 0.3 is 0 Å². The molecule has 1 aromatic rings. The van der Waals surface area contributed by atoms with E-state index in [0.29, 0.717) is 0 Å². The van der Waals surface area contributed by atoms with Crippen LogP contribution in [0.4, 0.5) is 0 Å². The maximum atomic E-state index is 10.4. The highest BCUT2D eigenvalue weighted by Crippen LogP contribution is 2.11. The van der Waals surface area contributed by atoms with Gasteiger partial charge in [0.25, 0.3) is 0 Å². The molecule has 15 heavy (non-hydrogen) atoms. The predicted octanol–water partition coefficient (Wildman–Crippen LogP) is 2.03. The zero-order chi connectivity index (χ0) is 11.1. The number of ether oxygens (including phenoxy) is 1. The van der Waals surface area contributed by atoms with Crippen LogP contribution in [0.15, 0.2) is 30.3 Å². The minimum Gasteiger partial charge on any atom is -0.365 e. The maximum absolute atomic E-state index is 10.4. The van der Waals surface area contributed by atoms with Gasteiger partial charge in [-0.25, -0.2) is 0 Å². The molecule has 0 aliphatic rings. The molecule has 0 heterocycles. The first-order chi connectivity index (χ1) is 7.20. The second kappa shape index (κ2) is 5.33. The molecule has 0 N–H and O–H groups in total. The summed E-state index contributed by atoms with van der Waals surface area (Å²) in [5.41, 5.74) is 0.240. The highest BCUT2D eigenvalue weighted by atomic mass is 16.5. The SMILES string of the molecule is COC(C)(C#Cc1ccccc1)CC=O. The minimum atomic E-state index is -0.683. The Morgan fingerprint density at radius 3 is 2.60 bits per heavy atom. The number of aldehydes is 1. The standard InChI is InChI=1S/C13H14O2/c1-13(15-2,10-11-14)9-8-12-6-4-3-5-7-12/h3-7,11H,10H2,1-2H3. The molecule has 1 unspecified atom stereocenters. The van der Waals surface area contributed by atoms with Crippen molar-refractivity contribution < 1.29 is 9.53 Å². The molecule has 0 aliphatic carbocycles. The van der Waals surface area contributed by atoms with E-state index >= 15 is 0 Å². The third-order valence-corrected chi connectivity index (χ3v) is 2.17. The average Bonchev–Trinajstić information content (AvgIpc) is 2.28. The van der Waals surface area contributed by atoms with Crippen LogP contribution in [0, 0.1) is 11.8 Å². The third-order valence-electron chi connectivity index (χ3n) is 2.17. The lowest BCUT2D eigenvalue weighted by molar-refractivity contribution is -0.111. The van der Waals surface area contributed by atoms with Gasteiger partial charge in [0.15, 0.2) is 0 Å². The number of hydrogen-bond donors (Lipinski definition) is 0. The first-order valence-electron chi connectivity index (χ1n) is 4.77. The molecule has 1 atom stereocenters. The number of benzene rings is 1. The van der Waals surface area contributed by atoms with Gasteiger partial charge in [0, 0.05) is 19.1 Å². The van der Waals surface area contributed by atoms with E-state index in [-0.39, 0.29) is 6.42 Å². The molecule has 2 heteroatoms. The smallest absolute Gasteiger partial charge is 0.132 e. The molecule has 78 valence electrons. The van der Waals surface area contributed by atoms with Gasteiger partial charge in [-0.05, 0) is 19.1 Å². The van der Waals surface area contributed by atoms with Gasteiger partial charge in [0.1, 0.15) is 11.9 Å². The second-order valence-corrected chi connectivity index (χ2v) is 3.42. The summed E-state index contributed by atoms with van der Waals surface area (Å²) in [6, 6.07) is 9.63. The Labute approximate surface area is 90.3 Å². The van der Waals surface area contributed by atoms with Crippen molar-refractivity contribution in [2.45, 2.75) is 18.9 Å². The molecular formula is C13H14O2. The van der Waals surface area contributed by atoms with Gasteiger partial charge in [-0.1, -0.05) is 30.0 Å². The van der Waals surface area contributed by atoms with Crippen LogP contribution in [0.2, 0.25) is 0 Å². The second-order valence-electron chi connectivity index (χ2n) is 3.42. The predicted molar refractivity (Wildman–Crippen MR) is 59.4 cm³/mol. The summed E-state index contributed by atoms with van der Waals surface area (Å²) in [6.45, 7) is 1.80. The van der Waals surface area contributed by atoms with Crippen molar-refractivity contribution in [1.29, 1.82) is 0 Å². The van der Waals surface area contributed by atoms with Crippen LogP contribution in [-0.2, 0) is 9.53 Å². The quantitative estimate of drug-likeness (QED) is 0.553. The summed E-state index contributed by atoms with van der Waals surface area (Å²) in [4.78, 5) is 10.4. The Bertz CT molecular complexity index is 373. The fraction of sp³-hybridized carbons (Fsp3) is 0.308. The Morgan fingerprint density at radius 2 is 2.07 bits per heavy atom. The van der Waals surface area contributed by atoms with Crippen LogP contribution in [0.3, 0.4) is 0 Å². The number of rotatable bonds is 3. The maximum Gasteiger partial charge on any atom is 0.132 e. The molecule has 1 aromatic carbocycles. The molecule has 0 saturated heterocycles. The molecule has 0 amide bonds. The van der Waals surface area contributed by atoms with E-state index in [9.17, 15) is 4.79 Å². The summed E-state index contributed by atoms with van der Waals surface area (Å²) in [7, 11) is 1.56. The lowest BCUT2D eigenvalue weighted by atomic mass is 10.0. The van der Waals surface area contributed by atoms with Gasteiger partial charge < -0.3 is 9.53 Å². The lowest BCUT2D eigenvalue weighted by Crippen LogP contribution is -2.25. The molecule has 0 radical (unpaired) electrons. The molecule has 0 fully saturated rings. The van der Waals surface area contributed by atoms with Crippen molar-refractivity contribution in [2.24, 2.45) is 0 Å². The van der Waals surface area contributed by atoms with E-state index in [0.717, 1.165) is 11.8 Å². The summed E-state index contributed by atoms with van der Waals surface area (Å²) in [5, 5.41) is 0. The summed E-state index contributed by atoms with van der Waals surface area (Å²) >= 11 is 0. The molecule has 0 bridgehead atoms. The number of methoxy groups -OCH3 is 1. The number of carbonyl (C=O) groups is 1. The fourth-order valence-electron chi connectivity index (χ4n) is 1.07. The van der Waals surface area contributed by atoms with Gasteiger partial charge in [-0.2, -0.15) is 0 Å². The van der Waals surface area contributed by atoms with Crippen molar-refractivity contribution in [2.75, 3.05) is 7.11 Å². The monoisotopic (exact) mass is 202 g/mol. The zero-order valence-electron chi connectivity index (χ0n) is 8.99. The first kappa shape index (κ1) is 11.5. The largest absolute Gasteiger partial charge is 0.365 e. The van der Waals surface area contributed by atoms with Gasteiger partial charge in [-0.15, -0.1) is 0 Å². The Kier molecular flexibility index (Phi) is 4.08. The van der Waals surface area contributed by atoms with E-state index in [1.165, 1.54) is 0 Å². The van der Waals surface area contributed by atoms with Crippen LogP contribution in [0.25, 0.3) is 0 Å². The van der Waals surface area contributed by atoms with Crippen molar-refractivity contribution in [3.8, 4) is 11.8 Å². The Balaban J connectivity index is 2.83. The highest BCUT2D eigenvalue weighted by Gasteiger charge is 2.19. The zero-order valence-corrected chi connectivity index (χ0v) is 8.99. The summed E-state index contributed by atoms with van der Waals surface area (Å²) < 4.78 is 5.20. The van der Waals surface area contributed by atoms with Crippen LogP contribution < -0.4 is 0 Å². The summed E-state index contributed by atoms with van der Waals surface area (Å²) in [5.74, 6) is 5.95. The highest BCUT2D eigenvalue weighted by molar-refractivity contribution is 5.53. The topological polar surface area (TPSA) is 26.3 Å². The van der Waals surface area contributed by atoms with E-state index in [1.54, 1.807) is 14.0 Å². The Morgan fingerprint density at radius 1 is 1.40 bits per heavy atom. The van der Waals surface area contributed by atoms with Gasteiger partial charge in [0.2, 0.25) is 0 Å². The van der Waals surface area contributed by atoms with E-state index in [2.05, 4.69) is 11.8 Å².